The Morgan fingerprint density at radius 2 is 1.63 bits per heavy atom. The first-order chi connectivity index (χ1) is 9.12. The van der Waals surface area contributed by atoms with E-state index in [0.717, 1.165) is 12.1 Å². The standard InChI is InChI=1S/C14H24N2O3/c1-6-16(2)11(9-15)10-7-12(17-3)14(19-5)13(8-10)18-4/h7-8,11H,6,9,15H2,1-5H3. The van der Waals surface area contributed by atoms with Crippen LogP contribution in [0.25, 0.3) is 0 Å². The van der Waals surface area contributed by atoms with Crippen LogP contribution in [-0.2, 0) is 0 Å². The predicted octanol–water partition coefficient (Wildman–Crippen LogP) is 1.66. The van der Waals surface area contributed by atoms with E-state index in [4.69, 9.17) is 19.9 Å². The highest BCUT2D eigenvalue weighted by molar-refractivity contribution is 5.54. The lowest BCUT2D eigenvalue weighted by atomic mass is 10.0. The SMILES string of the molecule is CCN(C)C(CN)c1cc(OC)c(OC)c(OC)c1. The molecule has 0 aromatic heterocycles. The van der Waals surface area contributed by atoms with Gasteiger partial charge in [0.05, 0.1) is 21.3 Å². The van der Waals surface area contributed by atoms with E-state index in [2.05, 4.69) is 11.8 Å². The summed E-state index contributed by atoms with van der Waals surface area (Å²) in [5, 5.41) is 0. The van der Waals surface area contributed by atoms with Gasteiger partial charge in [0.25, 0.3) is 0 Å². The zero-order chi connectivity index (χ0) is 14.4. The molecule has 1 rings (SSSR count). The molecule has 0 amide bonds. The molecule has 1 atom stereocenters. The van der Waals surface area contributed by atoms with Gasteiger partial charge < -0.3 is 19.9 Å². The molecule has 0 bridgehead atoms. The Morgan fingerprint density at radius 3 is 1.95 bits per heavy atom. The van der Waals surface area contributed by atoms with Gasteiger partial charge in [0.15, 0.2) is 11.5 Å². The second-order valence-electron chi connectivity index (χ2n) is 4.28. The first-order valence-electron chi connectivity index (χ1n) is 6.33. The van der Waals surface area contributed by atoms with Crippen molar-refractivity contribution in [3.8, 4) is 17.2 Å². The smallest absolute Gasteiger partial charge is 0.203 e. The first kappa shape index (κ1) is 15.6. The number of hydrogen-bond acceptors (Lipinski definition) is 5. The van der Waals surface area contributed by atoms with Crippen molar-refractivity contribution in [2.75, 3.05) is 41.5 Å². The van der Waals surface area contributed by atoms with Crippen LogP contribution in [0.4, 0.5) is 0 Å². The van der Waals surface area contributed by atoms with Crippen molar-refractivity contribution in [3.05, 3.63) is 17.7 Å². The number of nitrogens with two attached hydrogens (primary N) is 1. The molecular formula is C14H24N2O3. The maximum Gasteiger partial charge on any atom is 0.203 e. The average molecular weight is 268 g/mol. The first-order valence-corrected chi connectivity index (χ1v) is 6.33. The minimum absolute atomic E-state index is 0.124. The van der Waals surface area contributed by atoms with Gasteiger partial charge in [-0.05, 0) is 31.3 Å². The summed E-state index contributed by atoms with van der Waals surface area (Å²) in [5.74, 6) is 1.91. The van der Waals surface area contributed by atoms with Crippen LogP contribution in [0, 0.1) is 0 Å². The number of likely N-dealkylation sites (N-methyl/N-ethyl adjacent to an activating group) is 1. The second kappa shape index (κ2) is 7.21. The number of methoxy groups -OCH3 is 3. The maximum absolute atomic E-state index is 5.88. The van der Waals surface area contributed by atoms with E-state index in [9.17, 15) is 0 Å². The van der Waals surface area contributed by atoms with E-state index < -0.39 is 0 Å². The fraction of sp³-hybridized carbons (Fsp3) is 0.571. The molecule has 0 radical (unpaired) electrons. The van der Waals surface area contributed by atoms with Gasteiger partial charge in [0, 0.05) is 12.6 Å². The van der Waals surface area contributed by atoms with E-state index >= 15 is 0 Å². The molecule has 2 N–H and O–H groups in total. The Hall–Kier alpha value is -1.46. The topological polar surface area (TPSA) is 57.0 Å². The molecule has 5 nitrogen and oxygen atoms in total. The van der Waals surface area contributed by atoms with Crippen molar-refractivity contribution in [2.45, 2.75) is 13.0 Å². The lowest BCUT2D eigenvalue weighted by Gasteiger charge is -2.27. The van der Waals surface area contributed by atoms with Crippen LogP contribution in [0.3, 0.4) is 0 Å². The van der Waals surface area contributed by atoms with Crippen molar-refractivity contribution in [3.63, 3.8) is 0 Å². The molecule has 0 fully saturated rings. The highest BCUT2D eigenvalue weighted by Gasteiger charge is 2.20. The third-order valence-electron chi connectivity index (χ3n) is 3.33. The number of hydrogen-bond donors (Lipinski definition) is 1. The molecular weight excluding hydrogens is 244 g/mol. The normalized spacial score (nSPS) is 12.4. The molecule has 0 saturated carbocycles. The zero-order valence-electron chi connectivity index (χ0n) is 12.4. The molecule has 0 aliphatic carbocycles. The lowest BCUT2D eigenvalue weighted by Crippen LogP contribution is -2.30. The molecule has 1 unspecified atom stereocenters. The van der Waals surface area contributed by atoms with Crippen LogP contribution in [0.2, 0.25) is 0 Å². The largest absolute Gasteiger partial charge is 0.493 e. The van der Waals surface area contributed by atoms with Gasteiger partial charge in [-0.1, -0.05) is 6.92 Å². The third kappa shape index (κ3) is 3.30. The van der Waals surface area contributed by atoms with Crippen LogP contribution in [0.1, 0.15) is 18.5 Å². The minimum atomic E-state index is 0.124. The van der Waals surface area contributed by atoms with Crippen molar-refractivity contribution in [2.24, 2.45) is 5.73 Å². The molecule has 108 valence electrons. The Morgan fingerprint density at radius 1 is 1.11 bits per heavy atom. The van der Waals surface area contributed by atoms with Crippen molar-refractivity contribution < 1.29 is 14.2 Å². The van der Waals surface area contributed by atoms with Gasteiger partial charge in [-0.3, -0.25) is 4.90 Å². The van der Waals surface area contributed by atoms with E-state index in [1.807, 2.05) is 19.2 Å². The lowest BCUT2D eigenvalue weighted by molar-refractivity contribution is 0.260. The minimum Gasteiger partial charge on any atom is -0.493 e. The zero-order valence-corrected chi connectivity index (χ0v) is 12.4. The summed E-state index contributed by atoms with van der Waals surface area (Å²) in [6, 6.07) is 4.02. The summed E-state index contributed by atoms with van der Waals surface area (Å²) in [6.07, 6.45) is 0. The molecule has 0 aliphatic heterocycles. The predicted molar refractivity (Wildman–Crippen MR) is 76.2 cm³/mol. The molecule has 0 saturated heterocycles. The summed E-state index contributed by atoms with van der Waals surface area (Å²) in [5.41, 5.74) is 6.94. The second-order valence-corrected chi connectivity index (χ2v) is 4.28. The van der Waals surface area contributed by atoms with Gasteiger partial charge in [-0.2, -0.15) is 0 Å². The number of ether oxygens (including phenoxy) is 3. The molecule has 1 aromatic carbocycles. The van der Waals surface area contributed by atoms with Crippen LogP contribution in [0.15, 0.2) is 12.1 Å². The highest BCUT2D eigenvalue weighted by atomic mass is 16.5. The quantitative estimate of drug-likeness (QED) is 0.815. The van der Waals surface area contributed by atoms with E-state index in [-0.39, 0.29) is 6.04 Å². The van der Waals surface area contributed by atoms with Gasteiger partial charge in [-0.15, -0.1) is 0 Å². The molecule has 5 heteroatoms. The van der Waals surface area contributed by atoms with Crippen LogP contribution in [-0.4, -0.2) is 46.4 Å². The summed E-state index contributed by atoms with van der Waals surface area (Å²) in [6.45, 7) is 3.54. The van der Waals surface area contributed by atoms with Gasteiger partial charge in [-0.25, -0.2) is 0 Å². The number of benzene rings is 1. The van der Waals surface area contributed by atoms with Gasteiger partial charge >= 0.3 is 0 Å². The van der Waals surface area contributed by atoms with E-state index in [1.54, 1.807) is 21.3 Å². The Bertz CT molecular complexity index is 385. The van der Waals surface area contributed by atoms with Gasteiger partial charge in [0.2, 0.25) is 5.75 Å². The van der Waals surface area contributed by atoms with Crippen LogP contribution in [0.5, 0.6) is 17.2 Å². The van der Waals surface area contributed by atoms with Crippen LogP contribution >= 0.6 is 0 Å². The molecule has 0 heterocycles. The van der Waals surface area contributed by atoms with E-state index in [1.165, 1.54) is 0 Å². The Kier molecular flexibility index (Phi) is 5.92. The molecule has 19 heavy (non-hydrogen) atoms. The van der Waals surface area contributed by atoms with Crippen molar-refractivity contribution >= 4 is 0 Å². The van der Waals surface area contributed by atoms with Crippen molar-refractivity contribution in [1.82, 2.24) is 4.90 Å². The molecule has 0 aliphatic rings. The summed E-state index contributed by atoms with van der Waals surface area (Å²) in [4.78, 5) is 2.18. The van der Waals surface area contributed by atoms with Crippen LogP contribution < -0.4 is 19.9 Å². The summed E-state index contributed by atoms with van der Waals surface area (Å²) < 4.78 is 16.0. The summed E-state index contributed by atoms with van der Waals surface area (Å²) in [7, 11) is 6.86. The third-order valence-corrected chi connectivity index (χ3v) is 3.33. The molecule has 1 aromatic rings. The Labute approximate surface area is 115 Å². The Balaban J connectivity index is 3.28. The monoisotopic (exact) mass is 268 g/mol. The average Bonchev–Trinajstić information content (AvgIpc) is 2.46. The summed E-state index contributed by atoms with van der Waals surface area (Å²) >= 11 is 0. The fourth-order valence-corrected chi connectivity index (χ4v) is 2.08. The molecule has 0 spiro atoms. The van der Waals surface area contributed by atoms with Gasteiger partial charge in [0.1, 0.15) is 0 Å². The maximum atomic E-state index is 5.88. The highest BCUT2D eigenvalue weighted by Crippen LogP contribution is 2.40. The number of rotatable bonds is 7. The van der Waals surface area contributed by atoms with E-state index in [0.29, 0.717) is 23.8 Å². The number of nitrogens with zero attached hydrogens (tertiary/aromatic N) is 1. The fourth-order valence-electron chi connectivity index (χ4n) is 2.08. The van der Waals surface area contributed by atoms with Crippen molar-refractivity contribution in [1.29, 1.82) is 0 Å².